The SMILES string of the molecule is C=CCOC(=O)Nc1cnc(C(=O)O)c(C)n1. The van der Waals surface area contributed by atoms with E-state index >= 15 is 0 Å². The summed E-state index contributed by atoms with van der Waals surface area (Å²) in [5.74, 6) is -1.04. The van der Waals surface area contributed by atoms with Crippen molar-refractivity contribution >= 4 is 17.9 Å². The van der Waals surface area contributed by atoms with Gasteiger partial charge in [0.15, 0.2) is 11.5 Å². The van der Waals surface area contributed by atoms with Gasteiger partial charge in [0.2, 0.25) is 0 Å². The first-order valence-electron chi connectivity index (χ1n) is 4.66. The van der Waals surface area contributed by atoms with E-state index in [4.69, 9.17) is 5.11 Å². The fourth-order valence-electron chi connectivity index (χ4n) is 1.03. The highest BCUT2D eigenvalue weighted by Gasteiger charge is 2.11. The molecule has 0 radical (unpaired) electrons. The molecule has 2 N–H and O–H groups in total. The molecule has 0 atom stereocenters. The van der Waals surface area contributed by atoms with E-state index in [1.54, 1.807) is 0 Å². The molecule has 1 rings (SSSR count). The Balaban J connectivity index is 2.74. The smallest absolute Gasteiger partial charge is 0.413 e. The zero-order valence-electron chi connectivity index (χ0n) is 9.14. The molecule has 0 aliphatic rings. The third kappa shape index (κ3) is 3.56. The molecular formula is C10H11N3O4. The highest BCUT2D eigenvalue weighted by Crippen LogP contribution is 2.07. The first-order valence-corrected chi connectivity index (χ1v) is 4.66. The first kappa shape index (κ1) is 12.6. The molecule has 1 aromatic rings. The molecule has 1 aromatic heterocycles. The number of nitrogens with zero attached hydrogens (tertiary/aromatic N) is 2. The van der Waals surface area contributed by atoms with Gasteiger partial charge in [-0.05, 0) is 6.92 Å². The van der Waals surface area contributed by atoms with E-state index in [0.717, 1.165) is 6.20 Å². The van der Waals surface area contributed by atoms with Crippen LogP contribution in [0.15, 0.2) is 18.9 Å². The lowest BCUT2D eigenvalue weighted by molar-refractivity contribution is 0.0689. The second kappa shape index (κ2) is 5.59. The van der Waals surface area contributed by atoms with Crippen LogP contribution in [0.4, 0.5) is 10.6 Å². The van der Waals surface area contributed by atoms with Gasteiger partial charge in [-0.3, -0.25) is 5.32 Å². The van der Waals surface area contributed by atoms with E-state index in [0.29, 0.717) is 0 Å². The molecule has 0 saturated carbocycles. The van der Waals surface area contributed by atoms with E-state index in [1.165, 1.54) is 13.0 Å². The minimum Gasteiger partial charge on any atom is -0.476 e. The molecule has 0 bridgehead atoms. The summed E-state index contributed by atoms with van der Waals surface area (Å²) in [5.41, 5.74) is 0.0500. The maximum Gasteiger partial charge on any atom is 0.413 e. The number of carbonyl (C=O) groups excluding carboxylic acids is 1. The molecule has 0 saturated heterocycles. The van der Waals surface area contributed by atoms with Gasteiger partial charge < -0.3 is 9.84 Å². The molecule has 90 valence electrons. The number of hydrogen-bond acceptors (Lipinski definition) is 5. The van der Waals surface area contributed by atoms with Crippen LogP contribution in [-0.4, -0.2) is 33.7 Å². The number of amides is 1. The van der Waals surface area contributed by atoms with Gasteiger partial charge in [0.1, 0.15) is 6.61 Å². The molecule has 0 aliphatic carbocycles. The zero-order valence-corrected chi connectivity index (χ0v) is 9.14. The first-order chi connectivity index (χ1) is 8.04. The van der Waals surface area contributed by atoms with Crippen molar-refractivity contribution in [1.29, 1.82) is 0 Å². The molecule has 0 unspecified atom stereocenters. The number of anilines is 1. The molecular weight excluding hydrogens is 226 g/mol. The van der Waals surface area contributed by atoms with Crippen LogP contribution in [0.25, 0.3) is 0 Å². The Bertz CT molecular complexity index is 459. The van der Waals surface area contributed by atoms with Gasteiger partial charge in [-0.1, -0.05) is 12.7 Å². The van der Waals surface area contributed by atoms with Crippen LogP contribution in [0.3, 0.4) is 0 Å². The van der Waals surface area contributed by atoms with Gasteiger partial charge in [-0.25, -0.2) is 19.6 Å². The van der Waals surface area contributed by atoms with Crippen molar-refractivity contribution < 1.29 is 19.4 Å². The average Bonchev–Trinajstić information content (AvgIpc) is 2.26. The highest BCUT2D eigenvalue weighted by atomic mass is 16.5. The highest BCUT2D eigenvalue weighted by molar-refractivity contribution is 5.87. The Labute approximate surface area is 97.2 Å². The molecule has 17 heavy (non-hydrogen) atoms. The topological polar surface area (TPSA) is 101 Å². The summed E-state index contributed by atoms with van der Waals surface area (Å²) in [6, 6.07) is 0. The van der Waals surface area contributed by atoms with E-state index in [-0.39, 0.29) is 23.8 Å². The number of nitrogens with one attached hydrogen (secondary N) is 1. The third-order valence-corrected chi connectivity index (χ3v) is 1.71. The van der Waals surface area contributed by atoms with Crippen molar-refractivity contribution in [2.75, 3.05) is 11.9 Å². The maximum atomic E-state index is 11.1. The predicted molar refractivity (Wildman–Crippen MR) is 58.9 cm³/mol. The van der Waals surface area contributed by atoms with Crippen LogP contribution in [0, 0.1) is 6.92 Å². The molecule has 1 amide bonds. The molecule has 1 heterocycles. The fourth-order valence-corrected chi connectivity index (χ4v) is 1.03. The van der Waals surface area contributed by atoms with Crippen LogP contribution in [0.5, 0.6) is 0 Å². The predicted octanol–water partition coefficient (Wildman–Crippen LogP) is 1.22. The summed E-state index contributed by atoms with van der Waals surface area (Å²) in [6.45, 7) is 4.94. The standard InChI is InChI=1S/C10H11N3O4/c1-3-4-17-10(16)13-7-5-11-8(9(14)15)6(2)12-7/h3,5H,1,4H2,2H3,(H,14,15)(H,12,13,16). The fraction of sp³-hybridized carbons (Fsp3) is 0.200. The maximum absolute atomic E-state index is 11.1. The van der Waals surface area contributed by atoms with E-state index in [2.05, 4.69) is 26.6 Å². The summed E-state index contributed by atoms with van der Waals surface area (Å²) < 4.78 is 4.66. The van der Waals surface area contributed by atoms with Crippen molar-refractivity contribution in [3.05, 3.63) is 30.2 Å². The summed E-state index contributed by atoms with van der Waals surface area (Å²) >= 11 is 0. The van der Waals surface area contributed by atoms with Crippen molar-refractivity contribution in [2.45, 2.75) is 6.92 Å². The van der Waals surface area contributed by atoms with E-state index < -0.39 is 12.1 Å². The average molecular weight is 237 g/mol. The number of carbonyl (C=O) groups is 2. The summed E-state index contributed by atoms with van der Waals surface area (Å²) in [7, 11) is 0. The van der Waals surface area contributed by atoms with Crippen molar-refractivity contribution in [2.24, 2.45) is 0 Å². The Hall–Kier alpha value is -2.44. The molecule has 0 fully saturated rings. The number of hydrogen-bond donors (Lipinski definition) is 2. The number of aryl methyl sites for hydroxylation is 1. The van der Waals surface area contributed by atoms with Crippen molar-refractivity contribution in [3.63, 3.8) is 0 Å². The van der Waals surface area contributed by atoms with Gasteiger partial charge in [-0.15, -0.1) is 0 Å². The molecule has 7 heteroatoms. The molecule has 7 nitrogen and oxygen atoms in total. The molecule has 0 aliphatic heterocycles. The summed E-state index contributed by atoms with van der Waals surface area (Å²) in [4.78, 5) is 29.3. The van der Waals surface area contributed by atoms with Crippen LogP contribution in [0.1, 0.15) is 16.2 Å². The second-order valence-electron chi connectivity index (χ2n) is 3.01. The quantitative estimate of drug-likeness (QED) is 0.763. The van der Waals surface area contributed by atoms with Crippen LogP contribution >= 0.6 is 0 Å². The number of ether oxygens (including phenoxy) is 1. The lowest BCUT2D eigenvalue weighted by Gasteiger charge is -2.05. The largest absolute Gasteiger partial charge is 0.476 e. The Morgan fingerprint density at radius 2 is 2.35 bits per heavy atom. The van der Waals surface area contributed by atoms with Gasteiger partial charge in [0.25, 0.3) is 0 Å². The van der Waals surface area contributed by atoms with E-state index in [1.807, 2.05) is 0 Å². The third-order valence-electron chi connectivity index (χ3n) is 1.71. The second-order valence-corrected chi connectivity index (χ2v) is 3.01. The summed E-state index contributed by atoms with van der Waals surface area (Å²) in [6.07, 6.45) is 1.86. The minimum atomic E-state index is -1.17. The number of aromatic nitrogens is 2. The monoisotopic (exact) mass is 237 g/mol. The lowest BCUT2D eigenvalue weighted by atomic mass is 10.3. The van der Waals surface area contributed by atoms with E-state index in [9.17, 15) is 9.59 Å². The van der Waals surface area contributed by atoms with Crippen molar-refractivity contribution in [1.82, 2.24) is 9.97 Å². The number of aromatic carboxylic acids is 1. The number of rotatable bonds is 4. The minimum absolute atomic E-state index is 0.0749. The van der Waals surface area contributed by atoms with Gasteiger partial charge in [0.05, 0.1) is 11.9 Å². The van der Waals surface area contributed by atoms with Crippen LogP contribution in [0.2, 0.25) is 0 Å². The Kier molecular flexibility index (Phi) is 4.15. The van der Waals surface area contributed by atoms with Gasteiger partial charge in [-0.2, -0.15) is 0 Å². The van der Waals surface area contributed by atoms with Crippen LogP contribution < -0.4 is 5.32 Å². The summed E-state index contributed by atoms with van der Waals surface area (Å²) in [5, 5.41) is 11.0. The van der Waals surface area contributed by atoms with Gasteiger partial charge >= 0.3 is 12.1 Å². The number of carboxylic acids is 1. The zero-order chi connectivity index (χ0) is 12.8. The normalized spacial score (nSPS) is 9.47. The molecule has 0 spiro atoms. The Morgan fingerprint density at radius 3 is 2.88 bits per heavy atom. The molecule has 0 aromatic carbocycles. The Morgan fingerprint density at radius 1 is 1.65 bits per heavy atom. The lowest BCUT2D eigenvalue weighted by Crippen LogP contribution is -2.16. The van der Waals surface area contributed by atoms with Crippen molar-refractivity contribution in [3.8, 4) is 0 Å². The van der Waals surface area contributed by atoms with Crippen LogP contribution in [-0.2, 0) is 4.74 Å². The van der Waals surface area contributed by atoms with Gasteiger partial charge in [0, 0.05) is 0 Å². The number of carboxylic acid groups (broad SMARTS) is 1.